The Bertz CT molecular complexity index is 579. The molecule has 0 bridgehead atoms. The van der Waals surface area contributed by atoms with Crippen LogP contribution in [0.25, 0.3) is 11.4 Å². The molecule has 2 aromatic rings. The number of phenolic OH excluding ortho intramolecular Hbond substituents is 1. The molecule has 2 rings (SSSR count). The van der Waals surface area contributed by atoms with Crippen molar-refractivity contribution in [1.82, 2.24) is 9.97 Å². The van der Waals surface area contributed by atoms with Gasteiger partial charge in [0.1, 0.15) is 17.4 Å². The van der Waals surface area contributed by atoms with Gasteiger partial charge >= 0.3 is 0 Å². The van der Waals surface area contributed by atoms with E-state index in [0.29, 0.717) is 17.2 Å². The van der Waals surface area contributed by atoms with Crippen molar-refractivity contribution < 1.29 is 9.50 Å². The smallest absolute Gasteiger partial charge is 0.162 e. The highest BCUT2D eigenvalue weighted by Crippen LogP contribution is 2.25. The lowest BCUT2D eigenvalue weighted by molar-refractivity contribution is 0.469. The van der Waals surface area contributed by atoms with Crippen molar-refractivity contribution in [3.05, 3.63) is 35.3 Å². The highest BCUT2D eigenvalue weighted by atomic mass is 19.1. The largest absolute Gasteiger partial charge is 0.508 e. The van der Waals surface area contributed by atoms with Crippen LogP contribution in [-0.4, -0.2) is 22.1 Å². The van der Waals surface area contributed by atoms with Crippen molar-refractivity contribution in [1.29, 1.82) is 0 Å². The Morgan fingerprint density at radius 2 is 1.89 bits per heavy atom. The molecule has 18 heavy (non-hydrogen) atoms. The summed E-state index contributed by atoms with van der Waals surface area (Å²) in [5.41, 5.74) is 2.21. The number of nitrogens with one attached hydrogen (secondary N) is 1. The monoisotopic (exact) mass is 247 g/mol. The van der Waals surface area contributed by atoms with Crippen LogP contribution in [0, 0.1) is 19.7 Å². The summed E-state index contributed by atoms with van der Waals surface area (Å²) in [6.07, 6.45) is 0. The quantitative estimate of drug-likeness (QED) is 0.856. The zero-order chi connectivity index (χ0) is 13.3. The standard InChI is InChI=1S/C13H14FN3O/c1-7-8(2)16-13(17-12(7)15-3)9-4-10(14)6-11(18)5-9/h4-6,18H,1-3H3,(H,15,16,17). The van der Waals surface area contributed by atoms with Gasteiger partial charge in [-0.25, -0.2) is 14.4 Å². The number of aromatic nitrogens is 2. The number of hydrogen-bond donors (Lipinski definition) is 2. The summed E-state index contributed by atoms with van der Waals surface area (Å²) in [6.45, 7) is 3.77. The molecule has 0 amide bonds. The molecular weight excluding hydrogens is 233 g/mol. The van der Waals surface area contributed by atoms with E-state index in [-0.39, 0.29) is 5.75 Å². The maximum absolute atomic E-state index is 13.2. The van der Waals surface area contributed by atoms with Gasteiger partial charge in [0, 0.05) is 29.9 Å². The normalized spacial score (nSPS) is 10.4. The Hall–Kier alpha value is -2.17. The Morgan fingerprint density at radius 3 is 2.50 bits per heavy atom. The minimum Gasteiger partial charge on any atom is -0.508 e. The molecule has 0 saturated carbocycles. The summed E-state index contributed by atoms with van der Waals surface area (Å²) >= 11 is 0. The van der Waals surface area contributed by atoms with Crippen molar-refractivity contribution in [3.8, 4) is 17.1 Å². The van der Waals surface area contributed by atoms with Crippen molar-refractivity contribution >= 4 is 5.82 Å². The van der Waals surface area contributed by atoms with Gasteiger partial charge in [0.25, 0.3) is 0 Å². The fourth-order valence-corrected chi connectivity index (χ4v) is 1.70. The van der Waals surface area contributed by atoms with Crippen molar-refractivity contribution in [2.24, 2.45) is 0 Å². The van der Waals surface area contributed by atoms with Crippen LogP contribution >= 0.6 is 0 Å². The molecule has 0 spiro atoms. The summed E-state index contributed by atoms with van der Waals surface area (Å²) in [4.78, 5) is 8.61. The van der Waals surface area contributed by atoms with Gasteiger partial charge in [-0.3, -0.25) is 0 Å². The lowest BCUT2D eigenvalue weighted by Crippen LogP contribution is -2.02. The molecular formula is C13H14FN3O. The van der Waals surface area contributed by atoms with Crippen LogP contribution < -0.4 is 5.32 Å². The molecule has 4 nitrogen and oxygen atoms in total. The number of anilines is 1. The predicted octanol–water partition coefficient (Wildman–Crippen LogP) is 2.65. The van der Waals surface area contributed by atoms with Gasteiger partial charge in [0.05, 0.1) is 0 Å². The van der Waals surface area contributed by atoms with E-state index in [1.807, 2.05) is 13.8 Å². The van der Waals surface area contributed by atoms with Gasteiger partial charge in [-0.2, -0.15) is 0 Å². The van der Waals surface area contributed by atoms with E-state index in [1.54, 1.807) is 7.05 Å². The van der Waals surface area contributed by atoms with Crippen LogP contribution in [0.4, 0.5) is 10.2 Å². The van der Waals surface area contributed by atoms with E-state index < -0.39 is 5.82 Å². The molecule has 94 valence electrons. The fourth-order valence-electron chi connectivity index (χ4n) is 1.70. The molecule has 0 radical (unpaired) electrons. The lowest BCUT2D eigenvalue weighted by Gasteiger charge is -2.10. The molecule has 0 aliphatic carbocycles. The number of benzene rings is 1. The van der Waals surface area contributed by atoms with Gasteiger partial charge in [-0.1, -0.05) is 0 Å². The molecule has 0 saturated heterocycles. The van der Waals surface area contributed by atoms with Crippen LogP contribution in [0.5, 0.6) is 5.75 Å². The van der Waals surface area contributed by atoms with Gasteiger partial charge in [0.2, 0.25) is 0 Å². The molecule has 1 aromatic carbocycles. The minimum absolute atomic E-state index is 0.141. The third kappa shape index (κ3) is 2.25. The molecule has 0 fully saturated rings. The Labute approximate surface area is 105 Å². The van der Waals surface area contributed by atoms with Gasteiger partial charge < -0.3 is 10.4 Å². The van der Waals surface area contributed by atoms with Gasteiger partial charge in [-0.05, 0) is 26.0 Å². The Morgan fingerprint density at radius 1 is 1.17 bits per heavy atom. The second kappa shape index (κ2) is 4.60. The summed E-state index contributed by atoms with van der Waals surface area (Å²) in [5.74, 6) is 0.425. The first-order valence-corrected chi connectivity index (χ1v) is 5.54. The molecule has 1 heterocycles. The average molecular weight is 247 g/mol. The van der Waals surface area contributed by atoms with Crippen molar-refractivity contribution in [3.63, 3.8) is 0 Å². The van der Waals surface area contributed by atoms with E-state index in [9.17, 15) is 9.50 Å². The maximum Gasteiger partial charge on any atom is 0.162 e. The number of rotatable bonds is 2. The molecule has 0 unspecified atom stereocenters. The number of nitrogens with zero attached hydrogens (tertiary/aromatic N) is 2. The second-order valence-corrected chi connectivity index (χ2v) is 4.05. The Kier molecular flexibility index (Phi) is 3.14. The first-order chi connectivity index (χ1) is 8.51. The van der Waals surface area contributed by atoms with Crippen LogP contribution in [-0.2, 0) is 0 Å². The highest BCUT2D eigenvalue weighted by molar-refractivity contribution is 5.61. The lowest BCUT2D eigenvalue weighted by atomic mass is 10.1. The SMILES string of the molecule is CNc1nc(-c2cc(O)cc(F)c2)nc(C)c1C. The van der Waals surface area contributed by atoms with E-state index in [0.717, 1.165) is 17.3 Å². The molecule has 2 N–H and O–H groups in total. The number of aromatic hydroxyl groups is 1. The van der Waals surface area contributed by atoms with Crippen LogP contribution in [0.2, 0.25) is 0 Å². The first kappa shape index (κ1) is 12.3. The fraction of sp³-hybridized carbons (Fsp3) is 0.231. The van der Waals surface area contributed by atoms with Crippen LogP contribution in [0.3, 0.4) is 0 Å². The Balaban J connectivity index is 2.60. The third-order valence-electron chi connectivity index (χ3n) is 2.77. The number of aryl methyl sites for hydroxylation is 1. The topological polar surface area (TPSA) is 58.0 Å². The van der Waals surface area contributed by atoms with Crippen LogP contribution in [0.1, 0.15) is 11.3 Å². The van der Waals surface area contributed by atoms with Gasteiger partial charge in [0.15, 0.2) is 5.82 Å². The number of halogens is 1. The molecule has 0 aliphatic rings. The summed E-state index contributed by atoms with van der Waals surface area (Å²) in [6, 6.07) is 3.78. The zero-order valence-electron chi connectivity index (χ0n) is 10.5. The molecule has 5 heteroatoms. The second-order valence-electron chi connectivity index (χ2n) is 4.05. The third-order valence-corrected chi connectivity index (χ3v) is 2.77. The van der Waals surface area contributed by atoms with E-state index in [1.165, 1.54) is 12.1 Å². The summed E-state index contributed by atoms with van der Waals surface area (Å²) < 4.78 is 13.2. The highest BCUT2D eigenvalue weighted by Gasteiger charge is 2.10. The average Bonchev–Trinajstić information content (AvgIpc) is 2.31. The van der Waals surface area contributed by atoms with Gasteiger partial charge in [-0.15, -0.1) is 0 Å². The molecule has 0 aliphatic heterocycles. The van der Waals surface area contributed by atoms with E-state index in [4.69, 9.17) is 0 Å². The summed E-state index contributed by atoms with van der Waals surface area (Å²) in [5, 5.41) is 12.4. The number of phenols is 1. The van der Waals surface area contributed by atoms with Crippen molar-refractivity contribution in [2.45, 2.75) is 13.8 Å². The molecule has 1 aromatic heterocycles. The van der Waals surface area contributed by atoms with E-state index >= 15 is 0 Å². The van der Waals surface area contributed by atoms with Crippen molar-refractivity contribution in [2.75, 3.05) is 12.4 Å². The van der Waals surface area contributed by atoms with E-state index in [2.05, 4.69) is 15.3 Å². The zero-order valence-corrected chi connectivity index (χ0v) is 10.5. The number of hydrogen-bond acceptors (Lipinski definition) is 4. The molecule has 0 atom stereocenters. The minimum atomic E-state index is -0.516. The van der Waals surface area contributed by atoms with Crippen LogP contribution in [0.15, 0.2) is 18.2 Å². The summed E-state index contributed by atoms with van der Waals surface area (Å²) in [7, 11) is 1.77. The predicted molar refractivity (Wildman–Crippen MR) is 68.1 cm³/mol. The first-order valence-electron chi connectivity index (χ1n) is 5.54. The maximum atomic E-state index is 13.2.